The minimum Gasteiger partial charge on any atom is -0.463 e. The van der Waals surface area contributed by atoms with E-state index in [1.807, 2.05) is 32.9 Å². The molecule has 0 amide bonds. The van der Waals surface area contributed by atoms with Crippen LogP contribution in [-0.2, 0) is 42.9 Å². The van der Waals surface area contributed by atoms with E-state index < -0.39 is 66.7 Å². The fraction of sp³-hybridized carbons (Fsp3) is 0.481. The first-order chi connectivity index (χ1) is 18.3. The molecule has 39 heavy (non-hydrogen) atoms. The first-order valence-electron chi connectivity index (χ1n) is 12.3. The van der Waals surface area contributed by atoms with Crippen molar-refractivity contribution in [1.82, 2.24) is 9.55 Å². The Kier molecular flexibility index (Phi) is 9.23. The summed E-state index contributed by atoms with van der Waals surface area (Å²) in [5, 5.41) is 0. The van der Waals surface area contributed by atoms with Gasteiger partial charge in [0.05, 0.1) is 0 Å². The highest BCUT2D eigenvalue weighted by Crippen LogP contribution is 2.37. The fourth-order valence-electron chi connectivity index (χ4n) is 4.80. The van der Waals surface area contributed by atoms with Gasteiger partial charge in [-0.15, -0.1) is 0 Å². The van der Waals surface area contributed by atoms with Crippen LogP contribution in [0, 0.1) is 20.8 Å². The van der Waals surface area contributed by atoms with Gasteiger partial charge in [0.2, 0.25) is 0 Å². The van der Waals surface area contributed by atoms with Crippen molar-refractivity contribution >= 4 is 23.9 Å². The van der Waals surface area contributed by atoms with Crippen LogP contribution in [0.15, 0.2) is 29.2 Å². The Bertz CT molecular complexity index is 1310. The third-order valence-electron chi connectivity index (χ3n) is 6.00. The Balaban J connectivity index is 2.29. The summed E-state index contributed by atoms with van der Waals surface area (Å²) in [6.07, 6.45) is -5.49. The number of hydrogen-bond acceptors (Lipinski definition) is 11. The number of carbonyl (C=O) groups is 4. The molecule has 0 saturated carbocycles. The molecule has 0 aliphatic carbocycles. The maximum atomic E-state index is 13.4. The van der Waals surface area contributed by atoms with E-state index in [1.54, 1.807) is 0 Å². The van der Waals surface area contributed by atoms with Crippen molar-refractivity contribution in [3.63, 3.8) is 0 Å². The Morgan fingerprint density at radius 1 is 0.846 bits per heavy atom. The zero-order chi connectivity index (χ0) is 29.0. The molecule has 0 N–H and O–H groups in total. The van der Waals surface area contributed by atoms with E-state index in [-0.39, 0.29) is 5.82 Å². The molecule has 5 atom stereocenters. The van der Waals surface area contributed by atoms with Gasteiger partial charge in [0.25, 0.3) is 5.56 Å². The van der Waals surface area contributed by atoms with Gasteiger partial charge in [-0.05, 0) is 31.9 Å². The second kappa shape index (κ2) is 12.2. The second-order valence-electron chi connectivity index (χ2n) is 9.34. The third-order valence-corrected chi connectivity index (χ3v) is 6.00. The van der Waals surface area contributed by atoms with E-state index in [2.05, 4.69) is 4.98 Å². The topological polar surface area (TPSA) is 149 Å². The largest absolute Gasteiger partial charge is 0.463 e. The van der Waals surface area contributed by atoms with Crippen molar-refractivity contribution in [1.29, 1.82) is 0 Å². The molecule has 12 heteroatoms. The normalized spacial score (nSPS) is 22.5. The van der Waals surface area contributed by atoms with E-state index in [0.717, 1.165) is 37.5 Å². The average molecular weight is 545 g/mol. The fourth-order valence-corrected chi connectivity index (χ4v) is 4.80. The molecule has 0 radical (unpaired) electrons. The second-order valence-corrected chi connectivity index (χ2v) is 9.34. The van der Waals surface area contributed by atoms with Crippen LogP contribution in [0.3, 0.4) is 0 Å². The van der Waals surface area contributed by atoms with Crippen LogP contribution in [0.4, 0.5) is 0 Å². The number of carbonyl (C=O) groups excluding carboxylic acids is 4. The molecule has 1 saturated heterocycles. The summed E-state index contributed by atoms with van der Waals surface area (Å²) >= 11 is 0. The van der Waals surface area contributed by atoms with E-state index in [4.69, 9.17) is 23.7 Å². The number of aryl methyl sites for hydroxylation is 3. The predicted octanol–water partition coefficient (Wildman–Crippen LogP) is 2.09. The lowest BCUT2D eigenvalue weighted by Gasteiger charge is -2.45. The molecule has 0 spiro atoms. The summed E-state index contributed by atoms with van der Waals surface area (Å²) in [5.74, 6) is -2.73. The van der Waals surface area contributed by atoms with Gasteiger partial charge < -0.3 is 23.7 Å². The van der Waals surface area contributed by atoms with Gasteiger partial charge in [0.1, 0.15) is 18.5 Å². The molecule has 12 nitrogen and oxygen atoms in total. The van der Waals surface area contributed by atoms with Gasteiger partial charge in [0.15, 0.2) is 24.5 Å². The molecule has 210 valence electrons. The Morgan fingerprint density at radius 2 is 1.38 bits per heavy atom. The molecule has 2 aromatic rings. The first-order valence-corrected chi connectivity index (χ1v) is 12.3. The molecule has 2 heterocycles. The molecule has 1 aromatic carbocycles. The Hall–Kier alpha value is -4.06. The van der Waals surface area contributed by atoms with Crippen LogP contribution in [0.5, 0.6) is 0 Å². The summed E-state index contributed by atoms with van der Waals surface area (Å²) in [6.45, 7) is 9.83. The standard InChI is InChI=1S/C27H32N2O10/c1-13-10-14(2)22(15(3)11-13)26-28-9-8-21(34)29(26)27-25(38-19(7)33)24(37-18(6)32)23(36-17(5)31)20(39-27)12-35-16(4)30/h8-11,20,23-25,27H,12H2,1-7H3/t20-,23-,24+,25-,27+/m1/s1. The SMILES string of the molecule is CC(=O)OC[C@H]1O[C@H](n2c(-c3c(C)cc(C)cc3C)nccc2=O)[C@H](OC(C)=O)[C@@H](OC(C)=O)[C@@H]1OC(C)=O. The highest BCUT2D eigenvalue weighted by atomic mass is 16.7. The molecule has 3 rings (SSSR count). The molecule has 1 aliphatic heterocycles. The number of nitrogens with zero attached hydrogens (tertiary/aromatic N) is 2. The third kappa shape index (κ3) is 6.88. The lowest BCUT2D eigenvalue weighted by molar-refractivity contribution is -0.268. The smallest absolute Gasteiger partial charge is 0.303 e. The van der Waals surface area contributed by atoms with Crippen LogP contribution in [0.2, 0.25) is 0 Å². The van der Waals surface area contributed by atoms with Gasteiger partial charge in [-0.25, -0.2) is 4.98 Å². The highest BCUT2D eigenvalue weighted by Gasteiger charge is 2.53. The van der Waals surface area contributed by atoms with Crippen molar-refractivity contribution < 1.29 is 42.9 Å². The van der Waals surface area contributed by atoms with Crippen LogP contribution in [-0.4, -0.2) is 64.5 Å². The summed E-state index contributed by atoms with van der Waals surface area (Å²) in [7, 11) is 0. The molecular weight excluding hydrogens is 512 g/mol. The number of aromatic nitrogens is 2. The van der Waals surface area contributed by atoms with Crippen molar-refractivity contribution in [3.05, 3.63) is 51.4 Å². The van der Waals surface area contributed by atoms with Crippen LogP contribution < -0.4 is 5.56 Å². The molecule has 1 aromatic heterocycles. The number of hydrogen-bond donors (Lipinski definition) is 0. The van der Waals surface area contributed by atoms with Gasteiger partial charge in [-0.2, -0.15) is 0 Å². The maximum Gasteiger partial charge on any atom is 0.303 e. The van der Waals surface area contributed by atoms with Gasteiger partial charge in [-0.3, -0.25) is 28.5 Å². The number of benzene rings is 1. The molecule has 0 bridgehead atoms. The van der Waals surface area contributed by atoms with Gasteiger partial charge in [0, 0.05) is 45.5 Å². The summed E-state index contributed by atoms with van der Waals surface area (Å²) in [4.78, 5) is 65.9. The number of rotatable bonds is 7. The zero-order valence-electron chi connectivity index (χ0n) is 22.9. The lowest BCUT2D eigenvalue weighted by atomic mass is 9.95. The summed E-state index contributed by atoms with van der Waals surface area (Å²) in [6, 6.07) is 5.06. The average Bonchev–Trinajstić information content (AvgIpc) is 2.79. The molecule has 0 unspecified atom stereocenters. The molecule has 1 fully saturated rings. The van der Waals surface area contributed by atoms with Gasteiger partial charge in [-0.1, -0.05) is 17.7 Å². The number of esters is 4. The monoisotopic (exact) mass is 544 g/mol. The zero-order valence-corrected chi connectivity index (χ0v) is 22.9. The van der Waals surface area contributed by atoms with Crippen molar-refractivity contribution in [2.75, 3.05) is 6.61 Å². The molecular formula is C27H32N2O10. The lowest BCUT2D eigenvalue weighted by Crippen LogP contribution is -2.61. The Morgan fingerprint density at radius 3 is 1.92 bits per heavy atom. The van der Waals surface area contributed by atoms with Crippen LogP contribution in [0.25, 0.3) is 11.4 Å². The van der Waals surface area contributed by atoms with Crippen LogP contribution in [0.1, 0.15) is 50.6 Å². The van der Waals surface area contributed by atoms with E-state index in [0.29, 0.717) is 5.56 Å². The predicted molar refractivity (Wildman–Crippen MR) is 135 cm³/mol. The van der Waals surface area contributed by atoms with E-state index in [1.165, 1.54) is 23.8 Å². The number of ether oxygens (including phenoxy) is 5. The van der Waals surface area contributed by atoms with Gasteiger partial charge >= 0.3 is 23.9 Å². The van der Waals surface area contributed by atoms with E-state index in [9.17, 15) is 24.0 Å². The van der Waals surface area contributed by atoms with Crippen molar-refractivity contribution in [2.24, 2.45) is 0 Å². The summed E-state index contributed by atoms with van der Waals surface area (Å²) in [5.41, 5.74) is 2.74. The summed E-state index contributed by atoms with van der Waals surface area (Å²) < 4.78 is 29.0. The minimum absolute atomic E-state index is 0.207. The first kappa shape index (κ1) is 29.5. The van der Waals surface area contributed by atoms with Crippen molar-refractivity contribution in [3.8, 4) is 11.4 Å². The van der Waals surface area contributed by atoms with Crippen LogP contribution >= 0.6 is 0 Å². The maximum absolute atomic E-state index is 13.4. The molecule has 1 aliphatic rings. The van der Waals surface area contributed by atoms with Crippen molar-refractivity contribution in [2.45, 2.75) is 79.1 Å². The highest BCUT2D eigenvalue weighted by molar-refractivity contribution is 5.69. The minimum atomic E-state index is -1.45. The quantitative estimate of drug-likeness (QED) is 0.372. The van der Waals surface area contributed by atoms with E-state index >= 15 is 0 Å². The Labute approximate surface area is 225 Å².